The van der Waals surface area contributed by atoms with Crippen LogP contribution in [0.4, 0.5) is 4.79 Å². The van der Waals surface area contributed by atoms with E-state index in [0.29, 0.717) is 19.5 Å². The van der Waals surface area contributed by atoms with Gasteiger partial charge in [-0.05, 0) is 32.4 Å². The highest BCUT2D eigenvalue weighted by Crippen LogP contribution is 2.29. The Bertz CT molecular complexity index is 338. The minimum absolute atomic E-state index is 0.107. The first-order chi connectivity index (χ1) is 8.89. The number of carbonyl (C=O) groups is 2. The van der Waals surface area contributed by atoms with Crippen LogP contribution in [0.3, 0.4) is 0 Å². The number of piperidine rings is 1. The van der Waals surface area contributed by atoms with Gasteiger partial charge in [-0.1, -0.05) is 6.92 Å². The summed E-state index contributed by atoms with van der Waals surface area (Å²) in [6.45, 7) is 6.71. The van der Waals surface area contributed by atoms with Gasteiger partial charge < -0.3 is 15.3 Å². The van der Waals surface area contributed by atoms with Crippen LogP contribution in [-0.2, 0) is 4.79 Å². The minimum Gasteiger partial charge on any atom is -0.481 e. The maximum absolute atomic E-state index is 12.1. The summed E-state index contributed by atoms with van der Waals surface area (Å²) >= 11 is 1.78. The molecule has 2 unspecified atom stereocenters. The fourth-order valence-corrected chi connectivity index (χ4v) is 2.90. The van der Waals surface area contributed by atoms with Gasteiger partial charge in [-0.3, -0.25) is 4.79 Å². The van der Waals surface area contributed by atoms with E-state index in [0.717, 1.165) is 17.9 Å². The largest absolute Gasteiger partial charge is 0.481 e. The van der Waals surface area contributed by atoms with Crippen LogP contribution in [0.1, 0.15) is 33.6 Å². The smallest absolute Gasteiger partial charge is 0.317 e. The van der Waals surface area contributed by atoms with Gasteiger partial charge >= 0.3 is 12.0 Å². The highest BCUT2D eigenvalue weighted by atomic mass is 32.2. The van der Waals surface area contributed by atoms with Gasteiger partial charge in [-0.25, -0.2) is 4.79 Å². The highest BCUT2D eigenvalue weighted by molar-refractivity contribution is 7.99. The second-order valence-electron chi connectivity index (χ2n) is 5.40. The molecule has 5 nitrogen and oxygen atoms in total. The third-order valence-corrected chi connectivity index (χ3v) is 4.59. The van der Waals surface area contributed by atoms with E-state index in [4.69, 9.17) is 0 Å². The molecule has 1 saturated heterocycles. The van der Waals surface area contributed by atoms with Crippen molar-refractivity contribution in [2.45, 2.75) is 39.7 Å². The summed E-state index contributed by atoms with van der Waals surface area (Å²) in [7, 11) is 0. The highest BCUT2D eigenvalue weighted by Gasteiger charge is 2.39. The molecule has 0 aromatic carbocycles. The van der Waals surface area contributed by atoms with Gasteiger partial charge in [0.05, 0.1) is 5.41 Å². The molecule has 0 spiro atoms. The number of amides is 2. The number of carboxylic acids is 1. The van der Waals surface area contributed by atoms with Crippen LogP contribution < -0.4 is 5.32 Å². The Morgan fingerprint density at radius 2 is 2.21 bits per heavy atom. The number of carboxylic acid groups (broad SMARTS) is 1. The summed E-state index contributed by atoms with van der Waals surface area (Å²) in [5.41, 5.74) is -0.809. The third-order valence-electron chi connectivity index (χ3n) is 3.44. The molecular formula is C13H24N2O3S. The van der Waals surface area contributed by atoms with Gasteiger partial charge in [0.15, 0.2) is 0 Å². The average Bonchev–Trinajstić information content (AvgIpc) is 2.36. The lowest BCUT2D eigenvalue weighted by Gasteiger charge is -2.37. The lowest BCUT2D eigenvalue weighted by molar-refractivity contribution is -0.150. The van der Waals surface area contributed by atoms with Crippen molar-refractivity contribution in [1.82, 2.24) is 10.2 Å². The fraction of sp³-hybridized carbons (Fsp3) is 0.846. The van der Waals surface area contributed by atoms with Gasteiger partial charge in [0, 0.05) is 24.9 Å². The van der Waals surface area contributed by atoms with Gasteiger partial charge in [0.1, 0.15) is 0 Å². The van der Waals surface area contributed by atoms with Gasteiger partial charge in [-0.15, -0.1) is 0 Å². The van der Waals surface area contributed by atoms with Crippen molar-refractivity contribution in [2.24, 2.45) is 5.41 Å². The molecule has 1 rings (SSSR count). The molecule has 1 heterocycles. The number of nitrogens with zero attached hydrogens (tertiary/aromatic N) is 1. The Labute approximate surface area is 119 Å². The number of carbonyl (C=O) groups excluding carboxylic acids is 1. The van der Waals surface area contributed by atoms with Crippen molar-refractivity contribution in [3.05, 3.63) is 0 Å². The number of likely N-dealkylation sites (tertiary alicyclic amines) is 1. The number of aliphatic carboxylic acids is 1. The predicted octanol–water partition coefficient (Wildman–Crippen LogP) is 2.02. The molecule has 1 aliphatic heterocycles. The number of hydrogen-bond acceptors (Lipinski definition) is 3. The predicted molar refractivity (Wildman–Crippen MR) is 77.5 cm³/mol. The molecule has 0 aromatic heterocycles. The van der Waals surface area contributed by atoms with Gasteiger partial charge in [0.25, 0.3) is 0 Å². The van der Waals surface area contributed by atoms with Crippen LogP contribution in [0, 0.1) is 5.41 Å². The summed E-state index contributed by atoms with van der Waals surface area (Å²) in [5, 5.41) is 12.2. The van der Waals surface area contributed by atoms with Crippen molar-refractivity contribution in [3.63, 3.8) is 0 Å². The number of nitrogens with one attached hydrogen (secondary N) is 1. The zero-order valence-electron chi connectivity index (χ0n) is 11.9. The number of thioether (sulfide) groups is 1. The molecule has 0 saturated carbocycles. The van der Waals surface area contributed by atoms with E-state index in [-0.39, 0.29) is 12.1 Å². The quantitative estimate of drug-likeness (QED) is 0.812. The topological polar surface area (TPSA) is 69.6 Å². The first-order valence-corrected chi connectivity index (χ1v) is 7.91. The molecule has 1 aliphatic rings. The molecule has 0 aromatic rings. The average molecular weight is 288 g/mol. The van der Waals surface area contributed by atoms with Crippen LogP contribution in [0.15, 0.2) is 0 Å². The van der Waals surface area contributed by atoms with E-state index in [9.17, 15) is 14.7 Å². The molecule has 110 valence electrons. The molecule has 2 atom stereocenters. The molecule has 0 bridgehead atoms. The molecule has 19 heavy (non-hydrogen) atoms. The monoisotopic (exact) mass is 288 g/mol. The molecule has 2 amide bonds. The first kappa shape index (κ1) is 16.1. The molecule has 1 fully saturated rings. The lowest BCUT2D eigenvalue weighted by Crippen LogP contribution is -2.53. The number of hydrogen-bond donors (Lipinski definition) is 2. The SMILES string of the molecule is CCSCC(C)NC(=O)N1CCCC(C)(C(=O)O)C1. The molecule has 0 radical (unpaired) electrons. The molecule has 0 aliphatic carbocycles. The Morgan fingerprint density at radius 3 is 2.79 bits per heavy atom. The van der Waals surface area contributed by atoms with E-state index in [1.807, 2.05) is 6.92 Å². The van der Waals surface area contributed by atoms with Crippen LogP contribution in [0.25, 0.3) is 0 Å². The van der Waals surface area contributed by atoms with Gasteiger partial charge in [-0.2, -0.15) is 11.8 Å². The maximum atomic E-state index is 12.1. The van der Waals surface area contributed by atoms with E-state index in [1.165, 1.54) is 0 Å². The third kappa shape index (κ3) is 4.60. The Hall–Kier alpha value is -0.910. The summed E-state index contributed by atoms with van der Waals surface area (Å²) in [4.78, 5) is 25.0. The van der Waals surface area contributed by atoms with Crippen molar-refractivity contribution < 1.29 is 14.7 Å². The molecular weight excluding hydrogens is 264 g/mol. The summed E-state index contributed by atoms with van der Waals surface area (Å²) in [6.07, 6.45) is 1.38. The zero-order chi connectivity index (χ0) is 14.5. The number of urea groups is 1. The molecule has 6 heteroatoms. The van der Waals surface area contributed by atoms with Crippen molar-refractivity contribution >= 4 is 23.8 Å². The van der Waals surface area contributed by atoms with Crippen molar-refractivity contribution in [2.75, 3.05) is 24.6 Å². The van der Waals surface area contributed by atoms with Crippen molar-refractivity contribution in [1.29, 1.82) is 0 Å². The Morgan fingerprint density at radius 1 is 1.53 bits per heavy atom. The minimum atomic E-state index is -0.820. The Balaban J connectivity index is 2.50. The fourth-order valence-electron chi connectivity index (χ4n) is 2.23. The van der Waals surface area contributed by atoms with E-state index in [1.54, 1.807) is 23.6 Å². The van der Waals surface area contributed by atoms with Crippen LogP contribution in [0.5, 0.6) is 0 Å². The zero-order valence-corrected chi connectivity index (χ0v) is 12.8. The van der Waals surface area contributed by atoms with Gasteiger partial charge in [0.2, 0.25) is 0 Å². The first-order valence-electron chi connectivity index (χ1n) is 6.75. The van der Waals surface area contributed by atoms with Crippen LogP contribution in [0.2, 0.25) is 0 Å². The normalized spacial score (nSPS) is 24.9. The standard InChI is InChI=1S/C13H24N2O3S/c1-4-19-8-10(2)14-12(18)15-7-5-6-13(3,9-15)11(16)17/h10H,4-9H2,1-3H3,(H,14,18)(H,16,17). The summed E-state index contributed by atoms with van der Waals surface area (Å²) in [5.74, 6) is 1.09. The lowest BCUT2D eigenvalue weighted by atomic mass is 9.82. The van der Waals surface area contributed by atoms with Crippen LogP contribution >= 0.6 is 11.8 Å². The van der Waals surface area contributed by atoms with E-state index < -0.39 is 11.4 Å². The number of rotatable bonds is 5. The van der Waals surface area contributed by atoms with Crippen LogP contribution in [-0.4, -0.2) is 52.6 Å². The Kier molecular flexibility index (Phi) is 5.97. The van der Waals surface area contributed by atoms with Crippen molar-refractivity contribution in [3.8, 4) is 0 Å². The summed E-state index contributed by atoms with van der Waals surface area (Å²) in [6, 6.07) is -0.0353. The second-order valence-corrected chi connectivity index (χ2v) is 6.72. The van der Waals surface area contributed by atoms with E-state index in [2.05, 4.69) is 12.2 Å². The van der Waals surface area contributed by atoms with E-state index >= 15 is 0 Å². The maximum Gasteiger partial charge on any atom is 0.317 e. The summed E-state index contributed by atoms with van der Waals surface area (Å²) < 4.78 is 0. The molecule has 2 N–H and O–H groups in total. The second kappa shape index (κ2) is 7.03.